The van der Waals surface area contributed by atoms with Gasteiger partial charge in [-0.15, -0.1) is 0 Å². The predicted octanol–water partition coefficient (Wildman–Crippen LogP) is 3.17. The van der Waals surface area contributed by atoms with Crippen LogP contribution in [-0.2, 0) is 11.3 Å². The second kappa shape index (κ2) is 8.73. The normalized spacial score (nSPS) is 13.9. The van der Waals surface area contributed by atoms with E-state index in [0.717, 1.165) is 31.2 Å². The van der Waals surface area contributed by atoms with Crippen molar-refractivity contribution >= 4 is 23.3 Å². The number of amides is 3. The van der Waals surface area contributed by atoms with E-state index in [0.29, 0.717) is 11.4 Å². The summed E-state index contributed by atoms with van der Waals surface area (Å²) in [5, 5.41) is 8.24. The highest BCUT2D eigenvalue weighted by Crippen LogP contribution is 2.17. The summed E-state index contributed by atoms with van der Waals surface area (Å²) < 4.78 is 1.38. The number of hydrogen-bond acceptors (Lipinski definition) is 3. The Morgan fingerprint density at radius 1 is 1.00 bits per heavy atom. The van der Waals surface area contributed by atoms with Gasteiger partial charge >= 0.3 is 6.03 Å². The minimum Gasteiger partial charge on any atom is -0.352 e. The molecule has 0 atom stereocenters. The summed E-state index contributed by atoms with van der Waals surface area (Å²) >= 11 is 0. The van der Waals surface area contributed by atoms with Crippen molar-refractivity contribution in [3.8, 4) is 0 Å². The Balaban J connectivity index is 1.67. The maximum absolute atomic E-state index is 12.7. The van der Waals surface area contributed by atoms with Gasteiger partial charge in [0.15, 0.2) is 0 Å². The van der Waals surface area contributed by atoms with Crippen LogP contribution in [0.4, 0.5) is 16.2 Å². The SMILES string of the molecule is Cc1ccc(NC(=O)Nc2ccc(C)n(CC(=O)NC3CCCC3)c2=O)cc1. The van der Waals surface area contributed by atoms with E-state index in [1.807, 2.05) is 19.1 Å². The highest BCUT2D eigenvalue weighted by Gasteiger charge is 2.18. The van der Waals surface area contributed by atoms with Crippen LogP contribution in [0.1, 0.15) is 36.9 Å². The number of benzene rings is 1. The number of carbonyl (C=O) groups is 2. The Labute approximate surface area is 164 Å². The molecular weight excluding hydrogens is 356 g/mol. The van der Waals surface area contributed by atoms with Crippen LogP contribution >= 0.6 is 0 Å². The van der Waals surface area contributed by atoms with Gasteiger partial charge in [0.05, 0.1) is 0 Å². The molecule has 0 aliphatic heterocycles. The average molecular weight is 382 g/mol. The Morgan fingerprint density at radius 2 is 1.68 bits per heavy atom. The molecule has 3 amide bonds. The Hall–Kier alpha value is -3.09. The molecule has 28 heavy (non-hydrogen) atoms. The molecule has 0 saturated heterocycles. The first-order valence-electron chi connectivity index (χ1n) is 9.57. The molecule has 148 valence electrons. The quantitative estimate of drug-likeness (QED) is 0.742. The fourth-order valence-corrected chi connectivity index (χ4v) is 3.37. The van der Waals surface area contributed by atoms with Gasteiger partial charge in [0, 0.05) is 17.4 Å². The lowest BCUT2D eigenvalue weighted by Crippen LogP contribution is -2.38. The molecule has 0 unspecified atom stereocenters. The van der Waals surface area contributed by atoms with Crippen molar-refractivity contribution in [2.45, 2.75) is 52.1 Å². The molecule has 3 rings (SSSR count). The fraction of sp³-hybridized carbons (Fsp3) is 0.381. The Morgan fingerprint density at radius 3 is 2.36 bits per heavy atom. The first-order chi connectivity index (χ1) is 13.4. The summed E-state index contributed by atoms with van der Waals surface area (Å²) in [5.41, 5.74) is 2.11. The first kappa shape index (κ1) is 19.7. The van der Waals surface area contributed by atoms with Gasteiger partial charge in [0.1, 0.15) is 12.2 Å². The number of hydrogen-bond donors (Lipinski definition) is 3. The third kappa shape index (κ3) is 5.00. The van der Waals surface area contributed by atoms with Crippen molar-refractivity contribution in [3.63, 3.8) is 0 Å². The fourth-order valence-electron chi connectivity index (χ4n) is 3.37. The Bertz CT molecular complexity index is 912. The van der Waals surface area contributed by atoms with Gasteiger partial charge in [-0.3, -0.25) is 9.59 Å². The minimum absolute atomic E-state index is 0.0593. The monoisotopic (exact) mass is 382 g/mol. The third-order valence-corrected chi connectivity index (χ3v) is 4.97. The van der Waals surface area contributed by atoms with Crippen LogP contribution in [0.15, 0.2) is 41.2 Å². The smallest absolute Gasteiger partial charge is 0.323 e. The van der Waals surface area contributed by atoms with Gasteiger partial charge in [0.25, 0.3) is 5.56 Å². The largest absolute Gasteiger partial charge is 0.352 e. The molecule has 3 N–H and O–H groups in total. The number of rotatable bonds is 5. The van der Waals surface area contributed by atoms with Crippen molar-refractivity contribution in [3.05, 3.63) is 58.0 Å². The van der Waals surface area contributed by atoms with Crippen molar-refractivity contribution < 1.29 is 9.59 Å². The molecular formula is C21H26N4O3. The van der Waals surface area contributed by atoms with Crippen molar-refractivity contribution in [2.24, 2.45) is 0 Å². The first-order valence-corrected chi connectivity index (χ1v) is 9.57. The van der Waals surface area contributed by atoms with Crippen LogP contribution in [0.3, 0.4) is 0 Å². The average Bonchev–Trinajstić information content (AvgIpc) is 3.16. The molecule has 1 fully saturated rings. The molecule has 1 saturated carbocycles. The van der Waals surface area contributed by atoms with Crippen LogP contribution in [0.2, 0.25) is 0 Å². The van der Waals surface area contributed by atoms with E-state index < -0.39 is 11.6 Å². The van der Waals surface area contributed by atoms with E-state index in [1.54, 1.807) is 31.2 Å². The molecule has 1 aromatic heterocycles. The summed E-state index contributed by atoms with van der Waals surface area (Å²) in [5.74, 6) is -0.182. The number of anilines is 2. The maximum atomic E-state index is 12.7. The standard InChI is InChI=1S/C21H26N4O3/c1-14-7-10-17(11-8-14)23-21(28)24-18-12-9-15(2)25(20(18)27)13-19(26)22-16-5-3-4-6-16/h7-12,16H,3-6,13H2,1-2H3,(H,22,26)(H2,23,24,28). The summed E-state index contributed by atoms with van der Waals surface area (Å²) in [6.45, 7) is 3.66. The highest BCUT2D eigenvalue weighted by molar-refractivity contribution is 5.99. The van der Waals surface area contributed by atoms with Crippen LogP contribution in [0, 0.1) is 13.8 Å². The number of nitrogens with zero attached hydrogens (tertiary/aromatic N) is 1. The van der Waals surface area contributed by atoms with Crippen LogP contribution in [0.25, 0.3) is 0 Å². The number of nitrogens with one attached hydrogen (secondary N) is 3. The number of urea groups is 1. The van der Waals surface area contributed by atoms with E-state index in [-0.39, 0.29) is 24.2 Å². The summed E-state index contributed by atoms with van der Waals surface area (Å²) in [6.07, 6.45) is 4.22. The molecule has 7 heteroatoms. The molecule has 1 aromatic carbocycles. The molecule has 0 bridgehead atoms. The molecule has 1 heterocycles. The maximum Gasteiger partial charge on any atom is 0.323 e. The number of carbonyl (C=O) groups excluding carboxylic acids is 2. The molecule has 1 aliphatic rings. The van der Waals surface area contributed by atoms with E-state index >= 15 is 0 Å². The van der Waals surface area contributed by atoms with Gasteiger partial charge in [-0.2, -0.15) is 0 Å². The molecule has 0 radical (unpaired) electrons. The van der Waals surface area contributed by atoms with E-state index in [1.165, 1.54) is 4.57 Å². The minimum atomic E-state index is -0.508. The van der Waals surface area contributed by atoms with Gasteiger partial charge in [-0.05, 0) is 51.0 Å². The van der Waals surface area contributed by atoms with Gasteiger partial charge < -0.3 is 20.5 Å². The molecule has 1 aliphatic carbocycles. The number of aromatic nitrogens is 1. The zero-order valence-electron chi connectivity index (χ0n) is 16.2. The lowest BCUT2D eigenvalue weighted by atomic mass is 10.2. The second-order valence-electron chi connectivity index (χ2n) is 7.27. The molecule has 2 aromatic rings. The topological polar surface area (TPSA) is 92.2 Å². The van der Waals surface area contributed by atoms with E-state index in [9.17, 15) is 14.4 Å². The van der Waals surface area contributed by atoms with E-state index in [4.69, 9.17) is 0 Å². The number of pyridine rings is 1. The van der Waals surface area contributed by atoms with Crippen molar-refractivity contribution in [2.75, 3.05) is 10.6 Å². The molecule has 7 nitrogen and oxygen atoms in total. The summed E-state index contributed by atoms with van der Waals surface area (Å²) in [6, 6.07) is 10.3. The van der Waals surface area contributed by atoms with Crippen LogP contribution < -0.4 is 21.5 Å². The van der Waals surface area contributed by atoms with Gasteiger partial charge in [-0.1, -0.05) is 30.5 Å². The lowest BCUT2D eigenvalue weighted by Gasteiger charge is -2.15. The van der Waals surface area contributed by atoms with Crippen molar-refractivity contribution in [1.29, 1.82) is 0 Å². The van der Waals surface area contributed by atoms with Crippen LogP contribution in [0.5, 0.6) is 0 Å². The van der Waals surface area contributed by atoms with Gasteiger partial charge in [-0.25, -0.2) is 4.79 Å². The highest BCUT2D eigenvalue weighted by atomic mass is 16.2. The zero-order chi connectivity index (χ0) is 20.1. The molecule has 0 spiro atoms. The summed E-state index contributed by atoms with van der Waals surface area (Å²) in [4.78, 5) is 37.3. The zero-order valence-corrected chi connectivity index (χ0v) is 16.2. The predicted molar refractivity (Wildman–Crippen MR) is 110 cm³/mol. The van der Waals surface area contributed by atoms with Crippen LogP contribution in [-0.4, -0.2) is 22.5 Å². The second-order valence-corrected chi connectivity index (χ2v) is 7.27. The lowest BCUT2D eigenvalue weighted by molar-refractivity contribution is -0.122. The van der Waals surface area contributed by atoms with Crippen molar-refractivity contribution in [1.82, 2.24) is 9.88 Å². The Kier molecular flexibility index (Phi) is 6.13. The summed E-state index contributed by atoms with van der Waals surface area (Å²) in [7, 11) is 0. The van der Waals surface area contributed by atoms with Gasteiger partial charge in [0.2, 0.25) is 5.91 Å². The third-order valence-electron chi connectivity index (χ3n) is 4.97. The van der Waals surface area contributed by atoms with E-state index in [2.05, 4.69) is 16.0 Å². The number of aryl methyl sites for hydroxylation is 2.